The first-order chi connectivity index (χ1) is 12.7. The highest BCUT2D eigenvalue weighted by molar-refractivity contribution is 5.97. The zero-order valence-corrected chi connectivity index (χ0v) is 14.6. The maximum atomic E-state index is 14.5. The third kappa shape index (κ3) is 3.48. The minimum atomic E-state index is -0.310. The Labute approximate surface area is 152 Å². The molecule has 2 aromatic carbocycles. The van der Waals surface area contributed by atoms with Crippen LogP contribution in [0.2, 0.25) is 0 Å². The molecule has 0 spiro atoms. The molecule has 0 aliphatic carbocycles. The van der Waals surface area contributed by atoms with Gasteiger partial charge < -0.3 is 16.4 Å². The summed E-state index contributed by atoms with van der Waals surface area (Å²) in [5.74, 6) is -0.310. The Hall–Kier alpha value is -2.66. The summed E-state index contributed by atoms with van der Waals surface area (Å²) in [7, 11) is 0. The van der Waals surface area contributed by atoms with E-state index in [-0.39, 0.29) is 5.82 Å². The summed E-state index contributed by atoms with van der Waals surface area (Å²) in [6.45, 7) is 2.01. The third-order valence-corrected chi connectivity index (χ3v) is 4.96. The molecule has 4 rings (SSSR count). The van der Waals surface area contributed by atoms with Crippen molar-refractivity contribution in [3.63, 3.8) is 0 Å². The predicted octanol–water partition coefficient (Wildman–Crippen LogP) is 4.18. The highest BCUT2D eigenvalue weighted by Gasteiger charge is 2.15. The second-order valence-electron chi connectivity index (χ2n) is 6.90. The number of halogens is 1. The van der Waals surface area contributed by atoms with Gasteiger partial charge in [0.05, 0.1) is 0 Å². The van der Waals surface area contributed by atoms with Gasteiger partial charge in [0.15, 0.2) is 0 Å². The summed E-state index contributed by atoms with van der Waals surface area (Å²) in [6.07, 6.45) is 7.16. The molecule has 26 heavy (non-hydrogen) atoms. The van der Waals surface area contributed by atoms with E-state index in [1.165, 1.54) is 18.9 Å². The van der Waals surface area contributed by atoms with E-state index in [2.05, 4.69) is 15.6 Å². The lowest BCUT2D eigenvalue weighted by Gasteiger charge is -2.20. The monoisotopic (exact) mass is 350 g/mol. The molecule has 1 fully saturated rings. The van der Waals surface area contributed by atoms with Gasteiger partial charge in [-0.15, -0.1) is 0 Å². The van der Waals surface area contributed by atoms with Crippen molar-refractivity contribution in [3.05, 3.63) is 54.6 Å². The van der Waals surface area contributed by atoms with Crippen LogP contribution in [0.1, 0.15) is 19.3 Å². The van der Waals surface area contributed by atoms with E-state index in [4.69, 9.17) is 5.73 Å². The van der Waals surface area contributed by atoms with Crippen LogP contribution in [0.3, 0.4) is 0 Å². The first-order valence-corrected chi connectivity index (χ1v) is 9.11. The van der Waals surface area contributed by atoms with Gasteiger partial charge >= 0.3 is 0 Å². The number of nitrogens with one attached hydrogen (secondary N) is 2. The minimum absolute atomic E-state index is 0.310. The van der Waals surface area contributed by atoms with Crippen LogP contribution in [-0.2, 0) is 0 Å². The van der Waals surface area contributed by atoms with Gasteiger partial charge in [-0.3, -0.25) is 4.98 Å². The zero-order chi connectivity index (χ0) is 17.9. The molecule has 0 bridgehead atoms. The van der Waals surface area contributed by atoms with Crippen molar-refractivity contribution in [2.24, 2.45) is 0 Å². The van der Waals surface area contributed by atoms with Crippen LogP contribution in [0.5, 0.6) is 0 Å². The molecular weight excluding hydrogens is 327 g/mol. The fourth-order valence-corrected chi connectivity index (χ4v) is 3.61. The quantitative estimate of drug-likeness (QED) is 0.620. The van der Waals surface area contributed by atoms with Crippen LogP contribution in [0.15, 0.2) is 48.8 Å². The number of nitrogens with two attached hydrogens (primary N) is 1. The Morgan fingerprint density at radius 3 is 2.96 bits per heavy atom. The third-order valence-electron chi connectivity index (χ3n) is 4.96. The van der Waals surface area contributed by atoms with E-state index in [9.17, 15) is 4.39 Å². The number of rotatable bonds is 3. The van der Waals surface area contributed by atoms with Gasteiger partial charge in [0, 0.05) is 52.7 Å². The molecule has 1 aliphatic heterocycles. The number of aromatic nitrogens is 1. The van der Waals surface area contributed by atoms with Crippen LogP contribution in [0, 0.1) is 5.82 Å². The highest BCUT2D eigenvalue weighted by atomic mass is 19.1. The van der Waals surface area contributed by atoms with Crippen LogP contribution in [0.25, 0.3) is 21.9 Å². The number of fused-ring (bicyclic) bond motifs is 1. The van der Waals surface area contributed by atoms with Crippen LogP contribution < -0.4 is 16.4 Å². The van der Waals surface area contributed by atoms with Crippen molar-refractivity contribution in [1.29, 1.82) is 0 Å². The lowest BCUT2D eigenvalue weighted by molar-refractivity contribution is 0.632. The molecule has 1 aliphatic rings. The van der Waals surface area contributed by atoms with Gasteiger partial charge in [-0.05, 0) is 61.3 Å². The molecule has 2 heterocycles. The molecule has 4 nitrogen and oxygen atoms in total. The van der Waals surface area contributed by atoms with Crippen molar-refractivity contribution in [2.75, 3.05) is 24.1 Å². The van der Waals surface area contributed by atoms with E-state index in [1.807, 2.05) is 24.4 Å². The maximum Gasteiger partial charge on any atom is 0.133 e. The van der Waals surface area contributed by atoms with Crippen molar-refractivity contribution in [2.45, 2.75) is 25.3 Å². The number of pyridine rings is 1. The number of nitrogens with zero attached hydrogens (tertiary/aromatic N) is 1. The summed E-state index contributed by atoms with van der Waals surface area (Å²) >= 11 is 0. The first-order valence-electron chi connectivity index (χ1n) is 9.11. The molecule has 1 aromatic heterocycles. The molecule has 134 valence electrons. The Morgan fingerprint density at radius 2 is 2.08 bits per heavy atom. The van der Waals surface area contributed by atoms with Gasteiger partial charge in [-0.1, -0.05) is 6.42 Å². The second-order valence-corrected chi connectivity index (χ2v) is 6.90. The molecule has 0 amide bonds. The molecule has 0 saturated carbocycles. The topological polar surface area (TPSA) is 63.0 Å². The fourth-order valence-electron chi connectivity index (χ4n) is 3.61. The fraction of sp³-hybridized carbons (Fsp3) is 0.286. The number of hydrogen-bond acceptors (Lipinski definition) is 4. The van der Waals surface area contributed by atoms with E-state index >= 15 is 0 Å². The van der Waals surface area contributed by atoms with E-state index in [0.29, 0.717) is 17.3 Å². The van der Waals surface area contributed by atoms with E-state index in [0.717, 1.165) is 41.5 Å². The lowest BCUT2D eigenvalue weighted by atomic mass is 9.99. The molecule has 4 N–H and O–H groups in total. The molecule has 1 atom stereocenters. The van der Waals surface area contributed by atoms with Crippen molar-refractivity contribution in [3.8, 4) is 11.1 Å². The molecular formula is C21H23FN4. The van der Waals surface area contributed by atoms with E-state index in [1.54, 1.807) is 18.3 Å². The first kappa shape index (κ1) is 16.8. The summed E-state index contributed by atoms with van der Waals surface area (Å²) in [5, 5.41) is 9.24. The average molecular weight is 350 g/mol. The van der Waals surface area contributed by atoms with Crippen LogP contribution in [0.4, 0.5) is 15.8 Å². The van der Waals surface area contributed by atoms with Gasteiger partial charge in [-0.2, -0.15) is 0 Å². The highest BCUT2D eigenvalue weighted by Crippen LogP contribution is 2.33. The maximum absolute atomic E-state index is 14.5. The molecule has 3 aromatic rings. The Balaban J connectivity index is 1.77. The smallest absolute Gasteiger partial charge is 0.133 e. The van der Waals surface area contributed by atoms with Crippen LogP contribution in [-0.4, -0.2) is 24.1 Å². The Kier molecular flexibility index (Phi) is 4.71. The van der Waals surface area contributed by atoms with Crippen molar-refractivity contribution < 1.29 is 4.39 Å². The second kappa shape index (κ2) is 7.30. The molecule has 5 heteroatoms. The SMILES string of the molecule is Nc1ccc(-c2cc(N[C@H]3CCCCNC3)c3ccncc3c2)c(F)c1. The van der Waals surface area contributed by atoms with Crippen molar-refractivity contribution in [1.82, 2.24) is 10.3 Å². The number of benzene rings is 2. The van der Waals surface area contributed by atoms with Gasteiger partial charge in [0.25, 0.3) is 0 Å². The number of anilines is 2. The predicted molar refractivity (Wildman–Crippen MR) is 106 cm³/mol. The largest absolute Gasteiger partial charge is 0.399 e. The summed E-state index contributed by atoms with van der Waals surface area (Å²) in [5.41, 5.74) is 8.52. The van der Waals surface area contributed by atoms with Crippen molar-refractivity contribution >= 4 is 22.1 Å². The molecule has 0 radical (unpaired) electrons. The molecule has 0 unspecified atom stereocenters. The standard InChI is InChI=1S/C21H23FN4/c22-20-11-16(23)4-5-18(20)14-9-15-12-25-8-6-19(15)21(10-14)26-17-3-1-2-7-24-13-17/h4-6,8-12,17,24,26H,1-3,7,13,23H2/t17-/m0/s1. The summed E-state index contributed by atoms with van der Waals surface area (Å²) < 4.78 is 14.5. The number of nitrogen functional groups attached to an aromatic ring is 1. The van der Waals surface area contributed by atoms with Gasteiger partial charge in [0.1, 0.15) is 5.82 Å². The van der Waals surface area contributed by atoms with Crippen LogP contribution >= 0.6 is 0 Å². The van der Waals surface area contributed by atoms with Gasteiger partial charge in [-0.25, -0.2) is 4.39 Å². The normalized spacial score (nSPS) is 17.8. The average Bonchev–Trinajstić information content (AvgIpc) is 2.90. The number of hydrogen-bond donors (Lipinski definition) is 3. The summed E-state index contributed by atoms with van der Waals surface area (Å²) in [6, 6.07) is 11.2. The Bertz CT molecular complexity index is 917. The lowest BCUT2D eigenvalue weighted by Crippen LogP contribution is -2.30. The van der Waals surface area contributed by atoms with E-state index < -0.39 is 0 Å². The summed E-state index contributed by atoms with van der Waals surface area (Å²) in [4.78, 5) is 4.23. The van der Waals surface area contributed by atoms with Gasteiger partial charge in [0.2, 0.25) is 0 Å². The minimum Gasteiger partial charge on any atom is -0.399 e. The zero-order valence-electron chi connectivity index (χ0n) is 14.6. The molecule has 1 saturated heterocycles. The Morgan fingerprint density at radius 1 is 1.15 bits per heavy atom.